The third-order valence-electron chi connectivity index (χ3n) is 4.53. The Kier molecular flexibility index (Phi) is 2.90. The van der Waals surface area contributed by atoms with Crippen molar-refractivity contribution < 1.29 is 9.84 Å². The van der Waals surface area contributed by atoms with E-state index in [0.717, 1.165) is 12.8 Å². The molecule has 2 aromatic heterocycles. The second kappa shape index (κ2) is 4.78. The van der Waals surface area contributed by atoms with Gasteiger partial charge in [0, 0.05) is 5.92 Å². The molecule has 0 amide bonds. The maximum Gasteiger partial charge on any atom is 0.167 e. The van der Waals surface area contributed by atoms with E-state index in [1.165, 1.54) is 6.33 Å². The van der Waals surface area contributed by atoms with Crippen LogP contribution in [0.2, 0.25) is 0 Å². The van der Waals surface area contributed by atoms with Crippen LogP contribution < -0.4 is 5.73 Å². The number of nitrogens with two attached hydrogens (primary N) is 1. The van der Waals surface area contributed by atoms with Crippen LogP contribution in [0.5, 0.6) is 0 Å². The quantitative estimate of drug-likeness (QED) is 0.795. The lowest BCUT2D eigenvalue weighted by Crippen LogP contribution is -2.25. The first-order valence-corrected chi connectivity index (χ1v) is 7.14. The number of hydrogen-bond acceptors (Lipinski definition) is 6. The number of imidazole rings is 1. The molecule has 1 aliphatic carbocycles. The van der Waals surface area contributed by atoms with Gasteiger partial charge in [-0.3, -0.25) is 4.57 Å². The van der Waals surface area contributed by atoms with Crippen molar-refractivity contribution in [2.24, 2.45) is 11.8 Å². The summed E-state index contributed by atoms with van der Waals surface area (Å²) in [5.41, 5.74) is 7.11. The molecule has 4 atom stereocenters. The zero-order chi connectivity index (χ0) is 14.4. The van der Waals surface area contributed by atoms with E-state index in [9.17, 15) is 5.11 Å². The van der Waals surface area contributed by atoms with Crippen LogP contribution in [0.15, 0.2) is 24.8 Å². The SMILES string of the molecule is Nc1ncnc2c1ncn2C1O[C@H](CO)[C@H]2CC=CC[C@@H]12. The van der Waals surface area contributed by atoms with Crippen molar-refractivity contribution in [1.29, 1.82) is 0 Å². The lowest BCUT2D eigenvalue weighted by molar-refractivity contribution is -0.0349. The van der Waals surface area contributed by atoms with Gasteiger partial charge in [0.05, 0.1) is 19.0 Å². The largest absolute Gasteiger partial charge is 0.394 e. The average molecular weight is 287 g/mol. The number of nitrogens with zero attached hydrogens (tertiary/aromatic N) is 4. The van der Waals surface area contributed by atoms with Gasteiger partial charge in [0.2, 0.25) is 0 Å². The second-order valence-electron chi connectivity index (χ2n) is 5.60. The zero-order valence-electron chi connectivity index (χ0n) is 11.5. The minimum absolute atomic E-state index is 0.0370. The summed E-state index contributed by atoms with van der Waals surface area (Å²) in [5, 5.41) is 9.56. The van der Waals surface area contributed by atoms with Gasteiger partial charge in [0.15, 0.2) is 11.5 Å². The van der Waals surface area contributed by atoms with Crippen LogP contribution in [-0.4, -0.2) is 37.3 Å². The number of nitrogen functional groups attached to an aromatic ring is 1. The Hall–Kier alpha value is -1.99. The van der Waals surface area contributed by atoms with Gasteiger partial charge in [0.1, 0.15) is 18.1 Å². The summed E-state index contributed by atoms with van der Waals surface area (Å²) >= 11 is 0. The third-order valence-corrected chi connectivity index (χ3v) is 4.53. The van der Waals surface area contributed by atoms with Gasteiger partial charge < -0.3 is 15.6 Å². The molecule has 3 N–H and O–H groups in total. The van der Waals surface area contributed by atoms with Crippen molar-refractivity contribution in [3.8, 4) is 0 Å². The summed E-state index contributed by atoms with van der Waals surface area (Å²) in [4.78, 5) is 12.5. The van der Waals surface area contributed by atoms with Crippen LogP contribution in [-0.2, 0) is 4.74 Å². The van der Waals surface area contributed by atoms with Crippen molar-refractivity contribution in [1.82, 2.24) is 19.5 Å². The van der Waals surface area contributed by atoms with E-state index in [-0.39, 0.29) is 18.9 Å². The van der Waals surface area contributed by atoms with E-state index in [1.807, 2.05) is 4.57 Å². The first kappa shape index (κ1) is 12.7. The van der Waals surface area contributed by atoms with Gasteiger partial charge in [-0.05, 0) is 18.8 Å². The normalized spacial score (nSPS) is 31.7. The Morgan fingerprint density at radius 2 is 2.05 bits per heavy atom. The number of fused-ring (bicyclic) bond motifs is 2. The van der Waals surface area contributed by atoms with E-state index in [4.69, 9.17) is 10.5 Å². The predicted octanol–water partition coefficient (Wildman–Crippen LogP) is 0.881. The molecule has 4 rings (SSSR count). The standard InChI is InChI=1S/C14H17N5O2/c15-12-11-13(17-6-16-12)19(7-18-11)14-9-4-2-1-3-8(9)10(5-20)21-14/h1-2,6-10,14,20H,3-5H2,(H2,15,16,17)/t8-,9+,10+,14?/m0/s1. The first-order valence-electron chi connectivity index (χ1n) is 7.14. The Morgan fingerprint density at radius 3 is 2.86 bits per heavy atom. The maximum atomic E-state index is 9.56. The molecule has 21 heavy (non-hydrogen) atoms. The highest BCUT2D eigenvalue weighted by molar-refractivity contribution is 5.81. The highest BCUT2D eigenvalue weighted by atomic mass is 16.5. The molecule has 2 aliphatic rings. The number of allylic oxidation sites excluding steroid dienone is 2. The van der Waals surface area contributed by atoms with Gasteiger partial charge in [-0.2, -0.15) is 0 Å². The van der Waals surface area contributed by atoms with Crippen LogP contribution in [0.25, 0.3) is 11.2 Å². The topological polar surface area (TPSA) is 99.1 Å². The predicted molar refractivity (Wildman–Crippen MR) is 76.1 cm³/mol. The summed E-state index contributed by atoms with van der Waals surface area (Å²) in [6.45, 7) is 0.0370. The molecule has 0 radical (unpaired) electrons. The molecule has 0 bridgehead atoms. The molecular weight excluding hydrogens is 270 g/mol. The first-order chi connectivity index (χ1) is 10.3. The van der Waals surface area contributed by atoms with Crippen molar-refractivity contribution in [2.75, 3.05) is 12.3 Å². The van der Waals surface area contributed by atoms with Crippen LogP contribution in [0.4, 0.5) is 5.82 Å². The molecule has 2 aromatic rings. The lowest BCUT2D eigenvalue weighted by atomic mass is 9.81. The van der Waals surface area contributed by atoms with Crippen molar-refractivity contribution >= 4 is 17.0 Å². The minimum atomic E-state index is -0.170. The summed E-state index contributed by atoms with van der Waals surface area (Å²) in [6.07, 6.45) is 9.06. The molecule has 110 valence electrons. The number of rotatable bonds is 2. The van der Waals surface area contributed by atoms with E-state index in [1.54, 1.807) is 6.33 Å². The van der Waals surface area contributed by atoms with Crippen molar-refractivity contribution in [3.63, 3.8) is 0 Å². The van der Waals surface area contributed by atoms with Gasteiger partial charge in [-0.25, -0.2) is 15.0 Å². The monoisotopic (exact) mass is 287 g/mol. The molecule has 7 nitrogen and oxygen atoms in total. The van der Waals surface area contributed by atoms with Gasteiger partial charge >= 0.3 is 0 Å². The smallest absolute Gasteiger partial charge is 0.167 e. The molecule has 0 spiro atoms. The number of anilines is 1. The van der Waals surface area contributed by atoms with Crippen LogP contribution in [0.3, 0.4) is 0 Å². The van der Waals surface area contributed by atoms with E-state index in [0.29, 0.717) is 28.8 Å². The van der Waals surface area contributed by atoms with Crippen molar-refractivity contribution in [3.05, 3.63) is 24.8 Å². The van der Waals surface area contributed by atoms with Gasteiger partial charge in [-0.1, -0.05) is 12.2 Å². The van der Waals surface area contributed by atoms with Crippen LogP contribution >= 0.6 is 0 Å². The molecule has 1 saturated heterocycles. The van der Waals surface area contributed by atoms with E-state index in [2.05, 4.69) is 27.1 Å². The number of ether oxygens (including phenoxy) is 1. The minimum Gasteiger partial charge on any atom is -0.394 e. The summed E-state index contributed by atoms with van der Waals surface area (Å²) in [6, 6.07) is 0. The second-order valence-corrected chi connectivity index (χ2v) is 5.60. The number of hydrogen-bond donors (Lipinski definition) is 2. The zero-order valence-corrected chi connectivity index (χ0v) is 11.5. The Balaban J connectivity index is 1.78. The number of aliphatic hydroxyl groups excluding tert-OH is 1. The molecule has 1 fully saturated rings. The molecular formula is C14H17N5O2. The van der Waals surface area contributed by atoms with E-state index < -0.39 is 0 Å². The molecule has 1 unspecified atom stereocenters. The number of aliphatic hydroxyl groups is 1. The highest BCUT2D eigenvalue weighted by Crippen LogP contribution is 2.46. The van der Waals surface area contributed by atoms with Gasteiger partial charge in [0.25, 0.3) is 0 Å². The summed E-state index contributed by atoms with van der Waals surface area (Å²) in [7, 11) is 0. The molecule has 3 heterocycles. The van der Waals surface area contributed by atoms with Gasteiger partial charge in [-0.15, -0.1) is 0 Å². The van der Waals surface area contributed by atoms with Crippen LogP contribution in [0, 0.1) is 11.8 Å². The Bertz CT molecular complexity index is 698. The Morgan fingerprint density at radius 1 is 1.24 bits per heavy atom. The van der Waals surface area contributed by atoms with Crippen LogP contribution in [0.1, 0.15) is 19.1 Å². The molecule has 1 aliphatic heterocycles. The fourth-order valence-corrected chi connectivity index (χ4v) is 3.50. The summed E-state index contributed by atoms with van der Waals surface area (Å²) < 4.78 is 8.00. The maximum absolute atomic E-state index is 9.56. The molecule has 7 heteroatoms. The molecule has 0 aromatic carbocycles. The molecule has 0 saturated carbocycles. The fraction of sp³-hybridized carbons (Fsp3) is 0.500. The third kappa shape index (κ3) is 1.85. The van der Waals surface area contributed by atoms with E-state index >= 15 is 0 Å². The summed E-state index contributed by atoms with van der Waals surface area (Å²) in [5.74, 6) is 1.03. The fourth-order valence-electron chi connectivity index (χ4n) is 3.50. The highest BCUT2D eigenvalue weighted by Gasteiger charge is 2.45. The lowest BCUT2D eigenvalue weighted by Gasteiger charge is -2.25. The number of aromatic nitrogens is 4. The van der Waals surface area contributed by atoms with Crippen molar-refractivity contribution in [2.45, 2.75) is 25.2 Å². The Labute approximate surface area is 121 Å². The average Bonchev–Trinajstić information content (AvgIpc) is 3.09.